The Hall–Kier alpha value is -0.570. The Labute approximate surface area is 80.5 Å². The standard InChI is InChI=1S/C10H21NO2/c1-4-7-8(5-2)11-9(6-3)10(12)13/h8-9,11H,4-7H2,1-3H3,(H,12,13). The molecule has 2 unspecified atom stereocenters. The van der Waals surface area contributed by atoms with E-state index < -0.39 is 5.97 Å². The number of hydrogen-bond donors (Lipinski definition) is 2. The predicted octanol–water partition coefficient (Wildman–Crippen LogP) is 2.02. The lowest BCUT2D eigenvalue weighted by Crippen LogP contribution is -2.42. The van der Waals surface area contributed by atoms with Crippen LogP contribution >= 0.6 is 0 Å². The third kappa shape index (κ3) is 4.88. The lowest BCUT2D eigenvalue weighted by atomic mass is 10.1. The first-order chi connectivity index (χ1) is 6.15. The van der Waals surface area contributed by atoms with Crippen LogP contribution in [0, 0.1) is 0 Å². The molecule has 3 heteroatoms. The van der Waals surface area contributed by atoms with Gasteiger partial charge in [0.15, 0.2) is 0 Å². The summed E-state index contributed by atoms with van der Waals surface area (Å²) in [6.45, 7) is 6.10. The van der Waals surface area contributed by atoms with E-state index in [4.69, 9.17) is 5.11 Å². The molecule has 0 saturated heterocycles. The lowest BCUT2D eigenvalue weighted by molar-refractivity contribution is -0.139. The Morgan fingerprint density at radius 3 is 2.23 bits per heavy atom. The van der Waals surface area contributed by atoms with E-state index in [2.05, 4.69) is 19.2 Å². The summed E-state index contributed by atoms with van der Waals surface area (Å²) in [4.78, 5) is 10.7. The quantitative estimate of drug-likeness (QED) is 0.641. The van der Waals surface area contributed by atoms with E-state index >= 15 is 0 Å². The van der Waals surface area contributed by atoms with Crippen LogP contribution in [-0.2, 0) is 4.79 Å². The summed E-state index contributed by atoms with van der Waals surface area (Å²) in [7, 11) is 0. The van der Waals surface area contributed by atoms with Crippen LogP contribution in [0.1, 0.15) is 46.5 Å². The zero-order valence-corrected chi connectivity index (χ0v) is 8.84. The molecule has 0 aliphatic heterocycles. The molecule has 0 fully saturated rings. The molecule has 0 heterocycles. The van der Waals surface area contributed by atoms with Gasteiger partial charge in [-0.05, 0) is 19.3 Å². The van der Waals surface area contributed by atoms with E-state index in [0.29, 0.717) is 12.5 Å². The van der Waals surface area contributed by atoms with Gasteiger partial charge in [0.25, 0.3) is 0 Å². The van der Waals surface area contributed by atoms with Crippen molar-refractivity contribution in [2.75, 3.05) is 0 Å². The van der Waals surface area contributed by atoms with Crippen molar-refractivity contribution in [1.29, 1.82) is 0 Å². The highest BCUT2D eigenvalue weighted by atomic mass is 16.4. The summed E-state index contributed by atoms with van der Waals surface area (Å²) in [6, 6.07) is -0.0254. The molecule has 0 spiro atoms. The molecule has 0 aromatic heterocycles. The Morgan fingerprint density at radius 1 is 1.31 bits per heavy atom. The average molecular weight is 187 g/mol. The molecular weight excluding hydrogens is 166 g/mol. The number of hydrogen-bond acceptors (Lipinski definition) is 2. The first kappa shape index (κ1) is 12.4. The number of carboxylic acids is 1. The van der Waals surface area contributed by atoms with Crippen LogP contribution in [0.3, 0.4) is 0 Å². The maximum Gasteiger partial charge on any atom is 0.320 e. The topological polar surface area (TPSA) is 49.3 Å². The largest absolute Gasteiger partial charge is 0.480 e. The number of nitrogens with one attached hydrogen (secondary N) is 1. The third-order valence-corrected chi connectivity index (χ3v) is 2.27. The van der Waals surface area contributed by atoms with Crippen molar-refractivity contribution in [3.05, 3.63) is 0 Å². The van der Waals surface area contributed by atoms with Crippen LogP contribution in [0.25, 0.3) is 0 Å². The first-order valence-electron chi connectivity index (χ1n) is 5.14. The van der Waals surface area contributed by atoms with Crippen LogP contribution in [0.2, 0.25) is 0 Å². The fraction of sp³-hybridized carbons (Fsp3) is 0.900. The summed E-state index contributed by atoms with van der Waals surface area (Å²) >= 11 is 0. The van der Waals surface area contributed by atoms with Crippen LogP contribution in [0.4, 0.5) is 0 Å². The summed E-state index contributed by atoms with van der Waals surface area (Å²) < 4.78 is 0. The number of rotatable bonds is 7. The molecule has 0 aromatic rings. The SMILES string of the molecule is CCCC(CC)NC(CC)C(=O)O. The predicted molar refractivity (Wildman–Crippen MR) is 53.8 cm³/mol. The van der Waals surface area contributed by atoms with Gasteiger partial charge in [0, 0.05) is 6.04 Å². The average Bonchev–Trinajstić information content (AvgIpc) is 2.11. The molecule has 78 valence electrons. The van der Waals surface area contributed by atoms with E-state index in [1.807, 2.05) is 6.92 Å². The maximum atomic E-state index is 10.7. The van der Waals surface area contributed by atoms with Crippen molar-refractivity contribution in [3.8, 4) is 0 Å². The van der Waals surface area contributed by atoms with E-state index in [1.165, 1.54) is 0 Å². The molecular formula is C10H21NO2. The minimum absolute atomic E-state index is 0.353. The number of aliphatic carboxylic acids is 1. The molecule has 0 rings (SSSR count). The van der Waals surface area contributed by atoms with Crippen molar-refractivity contribution in [1.82, 2.24) is 5.32 Å². The minimum Gasteiger partial charge on any atom is -0.480 e. The second-order valence-corrected chi connectivity index (χ2v) is 3.36. The molecule has 0 radical (unpaired) electrons. The summed E-state index contributed by atoms with van der Waals surface area (Å²) in [6.07, 6.45) is 3.80. The lowest BCUT2D eigenvalue weighted by Gasteiger charge is -2.20. The molecule has 0 aliphatic rings. The fourth-order valence-corrected chi connectivity index (χ4v) is 1.40. The molecule has 2 N–H and O–H groups in total. The smallest absolute Gasteiger partial charge is 0.320 e. The Bertz CT molecular complexity index is 148. The van der Waals surface area contributed by atoms with Crippen LogP contribution in [0.5, 0.6) is 0 Å². The van der Waals surface area contributed by atoms with Crippen molar-refractivity contribution >= 4 is 5.97 Å². The van der Waals surface area contributed by atoms with Crippen LogP contribution < -0.4 is 5.32 Å². The van der Waals surface area contributed by atoms with Crippen molar-refractivity contribution in [3.63, 3.8) is 0 Å². The molecule has 0 saturated carbocycles. The molecule has 0 amide bonds. The minimum atomic E-state index is -0.739. The van der Waals surface area contributed by atoms with Gasteiger partial charge in [-0.1, -0.05) is 27.2 Å². The normalized spacial score (nSPS) is 15.3. The van der Waals surface area contributed by atoms with Gasteiger partial charge in [-0.3, -0.25) is 4.79 Å². The van der Waals surface area contributed by atoms with Crippen LogP contribution in [-0.4, -0.2) is 23.2 Å². The molecule has 3 nitrogen and oxygen atoms in total. The molecule has 13 heavy (non-hydrogen) atoms. The van der Waals surface area contributed by atoms with Crippen molar-refractivity contribution < 1.29 is 9.90 Å². The summed E-state index contributed by atoms with van der Waals surface area (Å²) in [5.41, 5.74) is 0. The van der Waals surface area contributed by atoms with E-state index in [9.17, 15) is 4.79 Å². The highest BCUT2D eigenvalue weighted by Gasteiger charge is 2.17. The van der Waals surface area contributed by atoms with Crippen molar-refractivity contribution in [2.45, 2.75) is 58.5 Å². The first-order valence-corrected chi connectivity index (χ1v) is 5.14. The Kier molecular flexibility index (Phi) is 6.59. The highest BCUT2D eigenvalue weighted by Crippen LogP contribution is 2.04. The van der Waals surface area contributed by atoms with Gasteiger partial charge < -0.3 is 10.4 Å². The van der Waals surface area contributed by atoms with Gasteiger partial charge in [-0.15, -0.1) is 0 Å². The molecule has 2 atom stereocenters. The summed E-state index contributed by atoms with van der Waals surface area (Å²) in [5.74, 6) is -0.739. The zero-order chi connectivity index (χ0) is 10.3. The molecule has 0 aromatic carbocycles. The fourth-order valence-electron chi connectivity index (χ4n) is 1.40. The van der Waals surface area contributed by atoms with E-state index in [0.717, 1.165) is 19.3 Å². The molecule has 0 bridgehead atoms. The number of carboxylic acid groups (broad SMARTS) is 1. The van der Waals surface area contributed by atoms with E-state index in [1.54, 1.807) is 0 Å². The Balaban J connectivity index is 3.95. The van der Waals surface area contributed by atoms with Gasteiger partial charge >= 0.3 is 5.97 Å². The van der Waals surface area contributed by atoms with E-state index in [-0.39, 0.29) is 6.04 Å². The van der Waals surface area contributed by atoms with Gasteiger partial charge in [0.05, 0.1) is 0 Å². The number of carbonyl (C=O) groups is 1. The summed E-state index contributed by atoms with van der Waals surface area (Å²) in [5, 5.41) is 12.0. The maximum absolute atomic E-state index is 10.7. The Morgan fingerprint density at radius 2 is 1.92 bits per heavy atom. The van der Waals surface area contributed by atoms with Crippen LogP contribution in [0.15, 0.2) is 0 Å². The highest BCUT2D eigenvalue weighted by molar-refractivity contribution is 5.73. The van der Waals surface area contributed by atoms with Gasteiger partial charge in [-0.2, -0.15) is 0 Å². The molecule has 0 aliphatic carbocycles. The van der Waals surface area contributed by atoms with Gasteiger partial charge in [0.2, 0.25) is 0 Å². The monoisotopic (exact) mass is 187 g/mol. The third-order valence-electron chi connectivity index (χ3n) is 2.27. The second-order valence-electron chi connectivity index (χ2n) is 3.36. The van der Waals surface area contributed by atoms with Crippen molar-refractivity contribution in [2.24, 2.45) is 0 Å². The van der Waals surface area contributed by atoms with Gasteiger partial charge in [-0.25, -0.2) is 0 Å². The van der Waals surface area contributed by atoms with Gasteiger partial charge in [0.1, 0.15) is 6.04 Å². The zero-order valence-electron chi connectivity index (χ0n) is 8.84. The second kappa shape index (κ2) is 6.89.